The molecule has 6 heteroatoms. The lowest BCUT2D eigenvalue weighted by Crippen LogP contribution is -2.25. The molecule has 1 N–H and O–H groups in total. The van der Waals surface area contributed by atoms with Crippen molar-refractivity contribution >= 4 is 11.9 Å². The Balaban J connectivity index is 3.01. The third-order valence-electron chi connectivity index (χ3n) is 2.25. The molecule has 98 valence electrons. The second-order valence-electron chi connectivity index (χ2n) is 3.45. The minimum Gasteiger partial charge on any atom is -0.493 e. The van der Waals surface area contributed by atoms with E-state index in [4.69, 9.17) is 14.6 Å². The fourth-order valence-corrected chi connectivity index (χ4v) is 1.31. The Hall–Kier alpha value is -2.24. The predicted octanol–water partition coefficient (Wildman–Crippen LogP) is 1.33. The van der Waals surface area contributed by atoms with Gasteiger partial charge in [-0.05, 0) is 25.1 Å². The molecule has 0 saturated heterocycles. The van der Waals surface area contributed by atoms with Gasteiger partial charge in [0.15, 0.2) is 17.6 Å². The molecule has 1 aromatic carbocycles. The van der Waals surface area contributed by atoms with Crippen molar-refractivity contribution in [2.45, 2.75) is 13.0 Å². The Labute approximate surface area is 104 Å². The van der Waals surface area contributed by atoms with Gasteiger partial charge in [0.2, 0.25) is 0 Å². The summed E-state index contributed by atoms with van der Waals surface area (Å²) >= 11 is 0. The molecule has 1 rings (SSSR count). The number of aromatic carboxylic acids is 1. The number of esters is 1. The molecule has 0 saturated carbocycles. The average molecular weight is 254 g/mol. The van der Waals surface area contributed by atoms with Gasteiger partial charge in [-0.2, -0.15) is 0 Å². The van der Waals surface area contributed by atoms with Crippen LogP contribution in [0.2, 0.25) is 0 Å². The van der Waals surface area contributed by atoms with Gasteiger partial charge in [-0.1, -0.05) is 0 Å². The van der Waals surface area contributed by atoms with Gasteiger partial charge in [-0.3, -0.25) is 0 Å². The summed E-state index contributed by atoms with van der Waals surface area (Å²) in [6.07, 6.45) is -0.854. The Morgan fingerprint density at radius 1 is 1.22 bits per heavy atom. The zero-order valence-electron chi connectivity index (χ0n) is 10.3. The van der Waals surface area contributed by atoms with Crippen LogP contribution in [0.5, 0.6) is 11.5 Å². The minimum absolute atomic E-state index is 0.0443. The number of hydrogen-bond acceptors (Lipinski definition) is 5. The zero-order valence-corrected chi connectivity index (χ0v) is 10.3. The van der Waals surface area contributed by atoms with Crippen LogP contribution in [0, 0.1) is 0 Å². The summed E-state index contributed by atoms with van der Waals surface area (Å²) in [5.41, 5.74) is 0.0443. The highest BCUT2D eigenvalue weighted by molar-refractivity contribution is 5.88. The van der Waals surface area contributed by atoms with Crippen LogP contribution in [0.3, 0.4) is 0 Å². The van der Waals surface area contributed by atoms with Gasteiger partial charge in [0.25, 0.3) is 0 Å². The zero-order chi connectivity index (χ0) is 13.7. The van der Waals surface area contributed by atoms with E-state index in [2.05, 4.69) is 4.74 Å². The van der Waals surface area contributed by atoms with Crippen LogP contribution in [-0.2, 0) is 9.53 Å². The molecule has 1 unspecified atom stereocenters. The summed E-state index contributed by atoms with van der Waals surface area (Å²) in [4.78, 5) is 22.1. The number of hydrogen-bond donors (Lipinski definition) is 1. The normalized spacial score (nSPS) is 11.5. The quantitative estimate of drug-likeness (QED) is 0.798. The van der Waals surface area contributed by atoms with Gasteiger partial charge in [-0.25, -0.2) is 9.59 Å². The van der Waals surface area contributed by atoms with Gasteiger partial charge in [0, 0.05) is 0 Å². The van der Waals surface area contributed by atoms with Gasteiger partial charge in [-0.15, -0.1) is 0 Å². The van der Waals surface area contributed by atoms with E-state index in [-0.39, 0.29) is 11.3 Å². The number of methoxy groups -OCH3 is 2. The van der Waals surface area contributed by atoms with Crippen LogP contribution >= 0.6 is 0 Å². The lowest BCUT2D eigenvalue weighted by atomic mass is 10.2. The van der Waals surface area contributed by atoms with E-state index >= 15 is 0 Å². The Morgan fingerprint density at radius 2 is 1.89 bits per heavy atom. The Morgan fingerprint density at radius 3 is 2.39 bits per heavy atom. The van der Waals surface area contributed by atoms with Crippen LogP contribution in [0.15, 0.2) is 18.2 Å². The van der Waals surface area contributed by atoms with Crippen molar-refractivity contribution in [2.24, 2.45) is 0 Å². The van der Waals surface area contributed by atoms with E-state index in [1.807, 2.05) is 0 Å². The van der Waals surface area contributed by atoms with Crippen LogP contribution in [0.25, 0.3) is 0 Å². The number of carbonyl (C=O) groups is 2. The maximum Gasteiger partial charge on any atom is 0.346 e. The van der Waals surface area contributed by atoms with Crippen molar-refractivity contribution in [2.75, 3.05) is 14.2 Å². The lowest BCUT2D eigenvalue weighted by molar-refractivity contribution is -0.147. The third-order valence-corrected chi connectivity index (χ3v) is 2.25. The molecule has 0 aromatic heterocycles. The maximum absolute atomic E-state index is 11.2. The predicted molar refractivity (Wildman–Crippen MR) is 62.1 cm³/mol. The van der Waals surface area contributed by atoms with E-state index in [0.717, 1.165) is 0 Å². The van der Waals surface area contributed by atoms with Crippen LogP contribution in [0.1, 0.15) is 17.3 Å². The summed E-state index contributed by atoms with van der Waals surface area (Å²) in [6, 6.07) is 4.14. The Bertz CT molecular complexity index is 454. The molecule has 0 heterocycles. The molecule has 0 aliphatic carbocycles. The molecule has 6 nitrogen and oxygen atoms in total. The maximum atomic E-state index is 11.2. The van der Waals surface area contributed by atoms with Crippen molar-refractivity contribution in [3.05, 3.63) is 23.8 Å². The molecule has 0 spiro atoms. The molecule has 1 atom stereocenters. The molecule has 1 aromatic rings. The van der Waals surface area contributed by atoms with Gasteiger partial charge < -0.3 is 19.3 Å². The highest BCUT2D eigenvalue weighted by Crippen LogP contribution is 2.29. The molecular formula is C12H14O6. The van der Waals surface area contributed by atoms with Gasteiger partial charge >= 0.3 is 11.9 Å². The lowest BCUT2D eigenvalue weighted by Gasteiger charge is -2.15. The molecule has 0 aliphatic rings. The molecular weight excluding hydrogens is 240 g/mol. The number of carbonyl (C=O) groups excluding carboxylic acids is 1. The molecule has 0 amide bonds. The number of ether oxygens (including phenoxy) is 3. The molecule has 0 bridgehead atoms. The van der Waals surface area contributed by atoms with Gasteiger partial charge in [0.05, 0.1) is 19.8 Å². The van der Waals surface area contributed by atoms with Crippen LogP contribution < -0.4 is 9.47 Å². The third kappa shape index (κ3) is 3.13. The first-order chi connectivity index (χ1) is 8.49. The summed E-state index contributed by atoms with van der Waals surface area (Å²) in [7, 11) is 2.67. The highest BCUT2D eigenvalue weighted by Gasteiger charge is 2.18. The summed E-state index contributed by atoms with van der Waals surface area (Å²) in [5, 5.41) is 8.87. The smallest absolute Gasteiger partial charge is 0.346 e. The van der Waals surface area contributed by atoms with E-state index in [1.165, 1.54) is 39.3 Å². The van der Waals surface area contributed by atoms with E-state index < -0.39 is 18.0 Å². The molecule has 18 heavy (non-hydrogen) atoms. The van der Waals surface area contributed by atoms with Crippen LogP contribution in [0.4, 0.5) is 0 Å². The molecule has 0 radical (unpaired) electrons. The minimum atomic E-state index is -1.09. The SMILES string of the molecule is COC(=O)C(C)Oc1cc(C(=O)O)ccc1OC. The van der Waals surface area contributed by atoms with E-state index in [9.17, 15) is 9.59 Å². The second-order valence-corrected chi connectivity index (χ2v) is 3.45. The van der Waals surface area contributed by atoms with Crippen molar-refractivity contribution in [3.63, 3.8) is 0 Å². The summed E-state index contributed by atoms with van der Waals surface area (Å²) < 4.78 is 14.9. The van der Waals surface area contributed by atoms with E-state index in [1.54, 1.807) is 0 Å². The average Bonchev–Trinajstić information content (AvgIpc) is 2.37. The number of carboxylic acids is 1. The van der Waals surface area contributed by atoms with Crippen molar-refractivity contribution in [1.82, 2.24) is 0 Å². The van der Waals surface area contributed by atoms with Crippen molar-refractivity contribution < 1.29 is 28.9 Å². The number of benzene rings is 1. The number of rotatable bonds is 5. The second kappa shape index (κ2) is 5.90. The topological polar surface area (TPSA) is 82.1 Å². The largest absolute Gasteiger partial charge is 0.493 e. The first-order valence-corrected chi connectivity index (χ1v) is 5.15. The summed E-state index contributed by atoms with van der Waals surface area (Å²) in [5.74, 6) is -1.13. The first kappa shape index (κ1) is 13.8. The Kier molecular flexibility index (Phi) is 4.53. The number of carboxylic acid groups (broad SMARTS) is 1. The van der Waals surface area contributed by atoms with Gasteiger partial charge in [0.1, 0.15) is 0 Å². The van der Waals surface area contributed by atoms with Crippen molar-refractivity contribution in [3.8, 4) is 11.5 Å². The molecule has 0 fully saturated rings. The highest BCUT2D eigenvalue weighted by atomic mass is 16.6. The van der Waals surface area contributed by atoms with E-state index in [0.29, 0.717) is 5.75 Å². The summed E-state index contributed by atoms with van der Waals surface area (Å²) in [6.45, 7) is 1.50. The molecule has 0 aliphatic heterocycles. The van der Waals surface area contributed by atoms with Crippen molar-refractivity contribution in [1.29, 1.82) is 0 Å². The first-order valence-electron chi connectivity index (χ1n) is 5.15. The standard InChI is InChI=1S/C12H14O6/c1-7(12(15)17-3)18-10-6-8(11(13)14)4-5-9(10)16-2/h4-7H,1-3H3,(H,13,14). The fraction of sp³-hybridized carbons (Fsp3) is 0.333. The monoisotopic (exact) mass is 254 g/mol. The van der Waals surface area contributed by atoms with Crippen LogP contribution in [-0.4, -0.2) is 37.4 Å². The fourth-order valence-electron chi connectivity index (χ4n) is 1.31.